The molecule has 0 spiro atoms. The van der Waals surface area contributed by atoms with Crippen molar-refractivity contribution in [2.45, 2.75) is 82.2 Å². The zero-order valence-corrected chi connectivity index (χ0v) is 20.8. The number of aromatic nitrogens is 3. The van der Waals surface area contributed by atoms with Gasteiger partial charge in [-0.25, -0.2) is 17.7 Å². The predicted molar refractivity (Wildman–Crippen MR) is 126 cm³/mol. The summed E-state index contributed by atoms with van der Waals surface area (Å²) in [7, 11) is -1.68. The highest BCUT2D eigenvalue weighted by Gasteiger charge is 2.40. The van der Waals surface area contributed by atoms with Crippen LogP contribution in [0.4, 0.5) is 14.7 Å². The van der Waals surface area contributed by atoms with Crippen molar-refractivity contribution in [2.75, 3.05) is 18.6 Å². The summed E-state index contributed by atoms with van der Waals surface area (Å²) in [5, 5.41) is 14.5. The fraction of sp³-hybridized carbons (Fsp3) is 0.682. The molecule has 2 saturated carbocycles. The maximum Gasteiger partial charge on any atom is 0.387 e. The van der Waals surface area contributed by atoms with Gasteiger partial charge in [-0.1, -0.05) is 0 Å². The number of halogens is 2. The van der Waals surface area contributed by atoms with E-state index >= 15 is 0 Å². The first kappa shape index (κ1) is 25.7. The van der Waals surface area contributed by atoms with Gasteiger partial charge in [-0.2, -0.15) is 13.8 Å². The summed E-state index contributed by atoms with van der Waals surface area (Å²) < 4.78 is 56.6. The van der Waals surface area contributed by atoms with Gasteiger partial charge < -0.3 is 15.2 Å². The second-order valence-electron chi connectivity index (χ2n) is 9.73. The van der Waals surface area contributed by atoms with Gasteiger partial charge >= 0.3 is 6.61 Å². The highest BCUT2D eigenvalue weighted by Crippen LogP contribution is 2.40. The third-order valence-corrected chi connectivity index (χ3v) is 8.56. The van der Waals surface area contributed by atoms with Crippen LogP contribution in [0, 0.1) is 0 Å². The number of aliphatic hydroxyl groups is 1. The third-order valence-electron chi connectivity index (χ3n) is 7.21. The second-order valence-corrected chi connectivity index (χ2v) is 11.8. The van der Waals surface area contributed by atoms with Crippen LogP contribution >= 0.6 is 0 Å². The van der Waals surface area contributed by atoms with Gasteiger partial charge in [0.1, 0.15) is 5.65 Å². The number of alkyl halides is 2. The van der Waals surface area contributed by atoms with E-state index in [4.69, 9.17) is 0 Å². The molecule has 10 nitrogen and oxygen atoms in total. The van der Waals surface area contributed by atoms with Crippen molar-refractivity contribution in [3.05, 3.63) is 22.6 Å². The molecule has 2 aromatic heterocycles. The van der Waals surface area contributed by atoms with E-state index in [0.29, 0.717) is 50.3 Å². The Balaban J connectivity index is 1.63. The monoisotopic (exact) mass is 515 g/mol. The minimum atomic E-state index is -3.26. The minimum absolute atomic E-state index is 0.00728. The number of hydrogen-bond donors (Lipinski definition) is 2. The van der Waals surface area contributed by atoms with Crippen LogP contribution < -0.4 is 15.6 Å². The lowest BCUT2D eigenvalue weighted by Gasteiger charge is -2.33. The summed E-state index contributed by atoms with van der Waals surface area (Å²) in [6.45, 7) is -1.55. The highest BCUT2D eigenvalue weighted by atomic mass is 32.2. The number of fused-ring (bicyclic) bond motifs is 1. The van der Waals surface area contributed by atoms with Crippen molar-refractivity contribution in [1.29, 1.82) is 0 Å². The molecule has 4 rings (SSSR count). The van der Waals surface area contributed by atoms with E-state index in [2.05, 4.69) is 20.0 Å². The number of anilines is 1. The van der Waals surface area contributed by atoms with Crippen molar-refractivity contribution in [2.24, 2.45) is 0 Å². The van der Waals surface area contributed by atoms with E-state index in [1.54, 1.807) is 14.0 Å². The zero-order chi connectivity index (χ0) is 25.5. The molecule has 2 aliphatic carbocycles. The maximum absolute atomic E-state index is 13.1. The van der Waals surface area contributed by atoms with Gasteiger partial charge in [0.15, 0.2) is 5.75 Å². The van der Waals surface area contributed by atoms with Crippen LogP contribution in [0.3, 0.4) is 0 Å². The van der Waals surface area contributed by atoms with Gasteiger partial charge in [0.05, 0.1) is 17.9 Å². The molecule has 0 bridgehead atoms. The SMILES string of the molecule is CN(C1CCC(Nc2ncc3cc(OC(F)F)c(=O)n([C@@H]4CCC[C@@]4(C)O)c3n2)CC1)S(C)(=O)=O. The number of ether oxygens (including phenoxy) is 1. The number of hydrogen-bond acceptors (Lipinski definition) is 8. The highest BCUT2D eigenvalue weighted by molar-refractivity contribution is 7.88. The Morgan fingerprint density at radius 2 is 1.97 bits per heavy atom. The third kappa shape index (κ3) is 5.41. The topological polar surface area (TPSA) is 127 Å². The molecule has 0 amide bonds. The molecule has 0 saturated heterocycles. The molecule has 13 heteroatoms. The molecule has 194 valence electrons. The van der Waals surface area contributed by atoms with Crippen LogP contribution in [0.15, 0.2) is 17.1 Å². The Labute approximate surface area is 202 Å². The minimum Gasteiger partial charge on any atom is -0.429 e. The van der Waals surface area contributed by atoms with Crippen LogP contribution in [0.1, 0.15) is 57.9 Å². The standard InChI is InChI=1S/C22H31F2N5O5S/c1-22(31)10-4-5-17(22)29-18-13(11-16(19(29)30)34-20(23)24)12-25-21(27-18)26-14-6-8-15(9-7-14)28(2)35(3,32)33/h11-12,14-15,17,20,31H,4-10H2,1-3H3,(H,25,26,27)/t14?,15?,17-,22-/m1/s1. The van der Waals surface area contributed by atoms with Gasteiger partial charge in [0.25, 0.3) is 5.56 Å². The van der Waals surface area contributed by atoms with Crippen LogP contribution in [0.25, 0.3) is 11.0 Å². The van der Waals surface area contributed by atoms with Crippen LogP contribution in [-0.2, 0) is 10.0 Å². The first-order valence-corrected chi connectivity index (χ1v) is 13.5. The van der Waals surface area contributed by atoms with Crippen LogP contribution in [-0.4, -0.2) is 70.0 Å². The molecular weight excluding hydrogens is 484 g/mol. The first-order valence-electron chi connectivity index (χ1n) is 11.7. The average molecular weight is 516 g/mol. The summed E-state index contributed by atoms with van der Waals surface area (Å²) in [6.07, 6.45) is 7.03. The number of sulfonamides is 1. The van der Waals surface area contributed by atoms with E-state index in [1.807, 2.05) is 0 Å². The van der Waals surface area contributed by atoms with Crippen molar-refractivity contribution in [1.82, 2.24) is 18.8 Å². The van der Waals surface area contributed by atoms with E-state index in [1.165, 1.54) is 27.4 Å². The molecule has 2 atom stereocenters. The normalized spacial score (nSPS) is 27.6. The first-order chi connectivity index (χ1) is 16.4. The molecule has 0 radical (unpaired) electrons. The Kier molecular flexibility index (Phi) is 7.04. The largest absolute Gasteiger partial charge is 0.429 e. The Hall–Kier alpha value is -2.38. The molecule has 0 unspecified atom stereocenters. The van der Waals surface area contributed by atoms with Crippen LogP contribution in [0.5, 0.6) is 5.75 Å². The molecular formula is C22H31F2N5O5S. The van der Waals surface area contributed by atoms with E-state index in [0.717, 1.165) is 0 Å². The quantitative estimate of drug-likeness (QED) is 0.576. The summed E-state index contributed by atoms with van der Waals surface area (Å²) >= 11 is 0. The fourth-order valence-electron chi connectivity index (χ4n) is 5.21. The van der Waals surface area contributed by atoms with Gasteiger partial charge in [-0.15, -0.1) is 0 Å². The lowest BCUT2D eigenvalue weighted by Crippen LogP contribution is -2.41. The molecule has 2 heterocycles. The summed E-state index contributed by atoms with van der Waals surface area (Å²) in [6, 6.07) is 0.486. The number of nitrogens with zero attached hydrogens (tertiary/aromatic N) is 4. The summed E-state index contributed by atoms with van der Waals surface area (Å²) in [5.41, 5.74) is -1.76. The fourth-order valence-corrected chi connectivity index (χ4v) is 5.96. The van der Waals surface area contributed by atoms with Gasteiger partial charge in [-0.3, -0.25) is 9.36 Å². The van der Waals surface area contributed by atoms with Crippen molar-refractivity contribution < 1.29 is 27.0 Å². The summed E-state index contributed by atoms with van der Waals surface area (Å²) in [5.74, 6) is -0.251. The second kappa shape index (κ2) is 9.58. The van der Waals surface area contributed by atoms with Gasteiger partial charge in [0, 0.05) is 30.7 Å². The molecule has 2 fully saturated rings. The van der Waals surface area contributed by atoms with Gasteiger partial charge in [0.2, 0.25) is 16.0 Å². The predicted octanol–water partition coefficient (Wildman–Crippen LogP) is 2.48. The maximum atomic E-state index is 13.1. The van der Waals surface area contributed by atoms with Gasteiger partial charge in [-0.05, 0) is 57.9 Å². The Morgan fingerprint density at radius 3 is 2.54 bits per heavy atom. The van der Waals surface area contributed by atoms with Crippen molar-refractivity contribution in [3.63, 3.8) is 0 Å². The van der Waals surface area contributed by atoms with E-state index in [-0.39, 0.29) is 23.7 Å². The number of nitrogens with one attached hydrogen (secondary N) is 1. The average Bonchev–Trinajstić information content (AvgIpc) is 3.12. The molecule has 35 heavy (non-hydrogen) atoms. The number of rotatable bonds is 7. The molecule has 2 N–H and O–H groups in total. The molecule has 0 aliphatic heterocycles. The smallest absolute Gasteiger partial charge is 0.387 e. The molecule has 2 aliphatic rings. The van der Waals surface area contributed by atoms with E-state index < -0.39 is 39.6 Å². The Morgan fingerprint density at radius 1 is 1.29 bits per heavy atom. The number of pyridine rings is 1. The van der Waals surface area contributed by atoms with Crippen molar-refractivity contribution in [3.8, 4) is 5.75 Å². The lowest BCUT2D eigenvalue weighted by atomic mass is 9.91. The molecule has 0 aromatic carbocycles. The lowest BCUT2D eigenvalue weighted by molar-refractivity contribution is -0.0513. The summed E-state index contributed by atoms with van der Waals surface area (Å²) in [4.78, 5) is 22.0. The molecule has 2 aromatic rings. The Bertz CT molecular complexity index is 1240. The zero-order valence-electron chi connectivity index (χ0n) is 19.9. The van der Waals surface area contributed by atoms with Crippen LogP contribution in [0.2, 0.25) is 0 Å². The van der Waals surface area contributed by atoms with E-state index in [9.17, 15) is 27.1 Å². The van der Waals surface area contributed by atoms with Crippen molar-refractivity contribution >= 4 is 27.0 Å².